The zero-order valence-electron chi connectivity index (χ0n) is 11.1. The largest absolute Gasteiger partial charge is 0.380 e. The minimum atomic E-state index is -0.359. The molecule has 100 valence electrons. The average molecular weight is 277 g/mol. The Kier molecular flexibility index (Phi) is 3.80. The highest BCUT2D eigenvalue weighted by Crippen LogP contribution is 2.24. The van der Waals surface area contributed by atoms with Gasteiger partial charge in [0.05, 0.1) is 22.2 Å². The Morgan fingerprint density at radius 3 is 2.68 bits per heavy atom. The van der Waals surface area contributed by atoms with Crippen LogP contribution in [0.15, 0.2) is 18.2 Å². The van der Waals surface area contributed by atoms with E-state index in [-0.39, 0.29) is 10.6 Å². The van der Waals surface area contributed by atoms with Crippen LogP contribution in [-0.4, -0.2) is 9.91 Å². The van der Waals surface area contributed by atoms with Gasteiger partial charge in [0.25, 0.3) is 5.69 Å². The first-order valence-electron chi connectivity index (χ1n) is 5.89. The predicted molar refractivity (Wildman–Crippen MR) is 76.7 cm³/mol. The minimum absolute atomic E-state index is 0.141. The number of nitro groups is 1. The molecule has 1 aromatic carbocycles. The topological polar surface area (TPSA) is 68.1 Å². The number of benzene rings is 1. The third-order valence-electron chi connectivity index (χ3n) is 2.86. The van der Waals surface area contributed by atoms with Crippen LogP contribution in [0, 0.1) is 30.9 Å². The molecule has 0 aliphatic carbocycles. The van der Waals surface area contributed by atoms with Crippen molar-refractivity contribution >= 4 is 22.7 Å². The second-order valence-electron chi connectivity index (χ2n) is 4.35. The van der Waals surface area contributed by atoms with E-state index in [0.717, 1.165) is 21.3 Å². The fraction of sp³-hybridized carbons (Fsp3) is 0.308. The van der Waals surface area contributed by atoms with Crippen LogP contribution >= 0.6 is 11.3 Å². The zero-order valence-corrected chi connectivity index (χ0v) is 11.9. The number of anilines is 1. The summed E-state index contributed by atoms with van der Waals surface area (Å²) in [4.78, 5) is 16.0. The van der Waals surface area contributed by atoms with E-state index in [1.165, 1.54) is 0 Å². The molecule has 19 heavy (non-hydrogen) atoms. The van der Waals surface area contributed by atoms with Gasteiger partial charge in [-0.05, 0) is 26.8 Å². The lowest BCUT2D eigenvalue weighted by Gasteiger charge is -2.06. The normalized spacial score (nSPS) is 10.5. The van der Waals surface area contributed by atoms with Crippen LogP contribution in [0.2, 0.25) is 0 Å². The van der Waals surface area contributed by atoms with E-state index in [2.05, 4.69) is 10.3 Å². The van der Waals surface area contributed by atoms with Gasteiger partial charge < -0.3 is 5.32 Å². The Morgan fingerprint density at radius 1 is 1.37 bits per heavy atom. The molecule has 0 aliphatic heterocycles. The number of hydrogen-bond donors (Lipinski definition) is 1. The van der Waals surface area contributed by atoms with Gasteiger partial charge in [0, 0.05) is 22.2 Å². The van der Waals surface area contributed by atoms with Gasteiger partial charge in [0.1, 0.15) is 0 Å². The summed E-state index contributed by atoms with van der Waals surface area (Å²) in [7, 11) is 0. The van der Waals surface area contributed by atoms with Crippen LogP contribution in [0.4, 0.5) is 11.4 Å². The smallest absolute Gasteiger partial charge is 0.274 e. The number of aromatic nitrogens is 1. The molecule has 0 atom stereocenters. The lowest BCUT2D eigenvalue weighted by atomic mass is 10.2. The SMILES string of the molecule is Cc1nc(C)c(CNc2ccc(C)c([N+](=O)[O-])c2)s1. The van der Waals surface area contributed by atoms with Gasteiger partial charge in [0.2, 0.25) is 0 Å². The van der Waals surface area contributed by atoms with Gasteiger partial charge in [0.15, 0.2) is 0 Å². The fourth-order valence-corrected chi connectivity index (χ4v) is 2.71. The van der Waals surface area contributed by atoms with E-state index in [1.54, 1.807) is 30.4 Å². The molecule has 1 N–H and O–H groups in total. The number of rotatable bonds is 4. The maximum Gasteiger partial charge on any atom is 0.274 e. The summed E-state index contributed by atoms with van der Waals surface area (Å²) in [5, 5.41) is 15.1. The third-order valence-corrected chi connectivity index (χ3v) is 3.93. The highest BCUT2D eigenvalue weighted by molar-refractivity contribution is 7.11. The van der Waals surface area contributed by atoms with Gasteiger partial charge in [-0.3, -0.25) is 10.1 Å². The van der Waals surface area contributed by atoms with Gasteiger partial charge in [-0.25, -0.2) is 4.98 Å². The van der Waals surface area contributed by atoms with Gasteiger partial charge in [-0.2, -0.15) is 0 Å². The molecule has 0 radical (unpaired) electrons. The summed E-state index contributed by atoms with van der Waals surface area (Å²) in [5.74, 6) is 0. The summed E-state index contributed by atoms with van der Waals surface area (Å²) in [6.45, 7) is 6.31. The Bertz CT molecular complexity index is 622. The standard InChI is InChI=1S/C13H15N3O2S/c1-8-4-5-11(6-12(8)16(17)18)14-7-13-9(2)15-10(3)19-13/h4-6,14H,7H2,1-3H3. The van der Waals surface area contributed by atoms with E-state index < -0.39 is 0 Å². The van der Waals surface area contributed by atoms with Gasteiger partial charge in [-0.1, -0.05) is 6.07 Å². The zero-order chi connectivity index (χ0) is 14.0. The molecule has 0 saturated carbocycles. The maximum absolute atomic E-state index is 10.9. The van der Waals surface area contributed by atoms with Crippen LogP contribution in [0.5, 0.6) is 0 Å². The van der Waals surface area contributed by atoms with Crippen LogP contribution in [0.25, 0.3) is 0 Å². The number of nitrogens with zero attached hydrogens (tertiary/aromatic N) is 2. The maximum atomic E-state index is 10.9. The van der Waals surface area contributed by atoms with Crippen LogP contribution in [0.1, 0.15) is 21.1 Å². The van der Waals surface area contributed by atoms with E-state index in [4.69, 9.17) is 0 Å². The minimum Gasteiger partial charge on any atom is -0.380 e. The van der Waals surface area contributed by atoms with E-state index in [0.29, 0.717) is 12.1 Å². The molecule has 1 heterocycles. The summed E-state index contributed by atoms with van der Waals surface area (Å²) in [6.07, 6.45) is 0. The second kappa shape index (κ2) is 5.36. The summed E-state index contributed by atoms with van der Waals surface area (Å²) < 4.78 is 0. The summed E-state index contributed by atoms with van der Waals surface area (Å²) in [6, 6.07) is 5.18. The van der Waals surface area contributed by atoms with E-state index >= 15 is 0 Å². The highest BCUT2D eigenvalue weighted by atomic mass is 32.1. The molecular formula is C13H15N3O2S. The van der Waals surface area contributed by atoms with Gasteiger partial charge >= 0.3 is 0 Å². The van der Waals surface area contributed by atoms with E-state index in [9.17, 15) is 10.1 Å². The predicted octanol–water partition coefficient (Wildman–Crippen LogP) is 3.59. The Morgan fingerprint density at radius 2 is 2.11 bits per heavy atom. The molecule has 1 aromatic heterocycles. The first-order valence-corrected chi connectivity index (χ1v) is 6.71. The van der Waals surface area contributed by atoms with Crippen molar-refractivity contribution < 1.29 is 4.92 Å². The molecule has 2 rings (SSSR count). The first kappa shape index (κ1) is 13.5. The van der Waals surface area contributed by atoms with Crippen LogP contribution < -0.4 is 5.32 Å². The highest BCUT2D eigenvalue weighted by Gasteiger charge is 2.11. The fourth-order valence-electron chi connectivity index (χ4n) is 1.84. The molecule has 0 bridgehead atoms. The molecule has 0 aliphatic rings. The average Bonchev–Trinajstić information content (AvgIpc) is 2.66. The Balaban J connectivity index is 2.14. The van der Waals surface area contributed by atoms with Crippen molar-refractivity contribution in [2.75, 3.05) is 5.32 Å². The molecule has 6 heteroatoms. The summed E-state index contributed by atoms with van der Waals surface area (Å²) >= 11 is 1.64. The van der Waals surface area contributed by atoms with Crippen LogP contribution in [0.3, 0.4) is 0 Å². The number of thiazole rings is 1. The number of aryl methyl sites for hydroxylation is 3. The Hall–Kier alpha value is -1.95. The van der Waals surface area contributed by atoms with Crippen molar-refractivity contribution in [3.8, 4) is 0 Å². The molecular weight excluding hydrogens is 262 g/mol. The molecule has 0 amide bonds. The second-order valence-corrected chi connectivity index (χ2v) is 5.64. The van der Waals surface area contributed by atoms with Crippen molar-refractivity contribution in [1.29, 1.82) is 0 Å². The molecule has 0 fully saturated rings. The lowest BCUT2D eigenvalue weighted by molar-refractivity contribution is -0.385. The van der Waals surface area contributed by atoms with Crippen molar-refractivity contribution in [3.05, 3.63) is 49.5 Å². The molecule has 5 nitrogen and oxygen atoms in total. The van der Waals surface area contributed by atoms with Crippen molar-refractivity contribution in [1.82, 2.24) is 4.98 Å². The third kappa shape index (κ3) is 3.08. The molecule has 2 aromatic rings. The van der Waals surface area contributed by atoms with Crippen molar-refractivity contribution in [2.24, 2.45) is 0 Å². The van der Waals surface area contributed by atoms with E-state index in [1.807, 2.05) is 19.9 Å². The quantitative estimate of drug-likeness (QED) is 0.685. The van der Waals surface area contributed by atoms with Crippen molar-refractivity contribution in [2.45, 2.75) is 27.3 Å². The molecule has 0 unspecified atom stereocenters. The lowest BCUT2D eigenvalue weighted by Crippen LogP contribution is -2.00. The number of nitrogens with one attached hydrogen (secondary N) is 1. The van der Waals surface area contributed by atoms with Crippen LogP contribution in [-0.2, 0) is 6.54 Å². The first-order chi connectivity index (χ1) is 8.97. The number of hydrogen-bond acceptors (Lipinski definition) is 5. The monoisotopic (exact) mass is 277 g/mol. The summed E-state index contributed by atoms with van der Waals surface area (Å²) in [5.41, 5.74) is 2.57. The Labute approximate surface area is 115 Å². The molecule has 0 spiro atoms. The van der Waals surface area contributed by atoms with Gasteiger partial charge in [-0.15, -0.1) is 11.3 Å². The van der Waals surface area contributed by atoms with Crippen molar-refractivity contribution in [3.63, 3.8) is 0 Å². The number of nitro benzene ring substituents is 1. The molecule has 0 saturated heterocycles.